The molecule has 2 heterocycles. The second-order valence-electron chi connectivity index (χ2n) is 4.20. The molecule has 0 fully saturated rings. The van der Waals surface area contributed by atoms with E-state index in [9.17, 15) is 4.79 Å². The van der Waals surface area contributed by atoms with Crippen molar-refractivity contribution in [3.8, 4) is 0 Å². The third-order valence-corrected chi connectivity index (χ3v) is 3.09. The standard InChI is InChI=1S/C11H17N3O3.2C2H6/c1-7-5-12-9(11(16)17-2)10-8(7)6-13-14(10)3-4-15;2*1-2/h6-7,9,12,15H,3-5H2,1-2H3;2*1-2H3. The molecule has 6 nitrogen and oxygen atoms in total. The summed E-state index contributed by atoms with van der Waals surface area (Å²) in [6, 6.07) is -0.486. The Kier molecular flexibility index (Phi) is 9.65. The summed E-state index contributed by atoms with van der Waals surface area (Å²) < 4.78 is 6.45. The fourth-order valence-corrected chi connectivity index (χ4v) is 2.19. The van der Waals surface area contributed by atoms with E-state index in [0.717, 1.165) is 17.8 Å². The minimum Gasteiger partial charge on any atom is -0.468 e. The number of ether oxygens (including phenoxy) is 1. The summed E-state index contributed by atoms with van der Waals surface area (Å²) in [5.41, 5.74) is 1.86. The number of esters is 1. The first-order chi connectivity index (χ1) is 10.2. The van der Waals surface area contributed by atoms with E-state index in [4.69, 9.17) is 9.84 Å². The second kappa shape index (κ2) is 10.3. The Hall–Kier alpha value is -1.40. The van der Waals surface area contributed by atoms with Crippen LogP contribution in [0.4, 0.5) is 0 Å². The normalized spacial score (nSPS) is 19.4. The molecule has 0 amide bonds. The van der Waals surface area contributed by atoms with Gasteiger partial charge in [-0.05, 0) is 11.5 Å². The molecule has 0 aliphatic carbocycles. The molecule has 0 saturated heterocycles. The van der Waals surface area contributed by atoms with Gasteiger partial charge in [-0.2, -0.15) is 5.10 Å². The van der Waals surface area contributed by atoms with E-state index in [2.05, 4.69) is 17.3 Å². The zero-order chi connectivity index (χ0) is 16.4. The SMILES string of the molecule is CC.CC.COC(=O)C1NCC(C)c2cnn(CCO)c21. The third-order valence-electron chi connectivity index (χ3n) is 3.09. The molecular weight excluding hydrogens is 270 g/mol. The number of methoxy groups -OCH3 is 1. The molecule has 2 unspecified atom stereocenters. The van der Waals surface area contributed by atoms with Gasteiger partial charge in [0.15, 0.2) is 0 Å². The molecular formula is C15H29N3O3. The first-order valence-electron chi connectivity index (χ1n) is 7.66. The Morgan fingerprint density at radius 1 is 1.48 bits per heavy atom. The Labute approximate surface area is 127 Å². The highest BCUT2D eigenvalue weighted by molar-refractivity contribution is 5.78. The lowest BCUT2D eigenvalue weighted by molar-refractivity contribution is -0.143. The molecule has 1 aliphatic heterocycles. The van der Waals surface area contributed by atoms with Crippen molar-refractivity contribution in [2.24, 2.45) is 0 Å². The Morgan fingerprint density at radius 3 is 2.62 bits per heavy atom. The predicted molar refractivity (Wildman–Crippen MR) is 83.2 cm³/mol. The summed E-state index contributed by atoms with van der Waals surface area (Å²) in [5, 5.41) is 16.3. The topological polar surface area (TPSA) is 76.4 Å². The predicted octanol–water partition coefficient (Wildman–Crippen LogP) is 1.85. The van der Waals surface area contributed by atoms with Crippen LogP contribution in [0.1, 0.15) is 57.8 Å². The fraction of sp³-hybridized carbons (Fsp3) is 0.733. The number of fused-ring (bicyclic) bond motifs is 1. The van der Waals surface area contributed by atoms with Crippen LogP contribution in [0.15, 0.2) is 6.20 Å². The lowest BCUT2D eigenvalue weighted by Gasteiger charge is -2.27. The molecule has 1 aromatic heterocycles. The van der Waals surface area contributed by atoms with Crippen LogP contribution in [0.3, 0.4) is 0 Å². The number of hydrogen-bond donors (Lipinski definition) is 2. The largest absolute Gasteiger partial charge is 0.468 e. The minimum atomic E-state index is -0.486. The maximum absolute atomic E-state index is 11.7. The zero-order valence-electron chi connectivity index (χ0n) is 14.0. The maximum atomic E-state index is 11.7. The quantitative estimate of drug-likeness (QED) is 0.833. The summed E-state index contributed by atoms with van der Waals surface area (Å²) in [6.07, 6.45) is 1.77. The van der Waals surface area contributed by atoms with Crippen molar-refractivity contribution in [1.82, 2.24) is 15.1 Å². The number of nitrogens with zero attached hydrogens (tertiary/aromatic N) is 2. The van der Waals surface area contributed by atoms with Gasteiger partial charge in [-0.1, -0.05) is 34.6 Å². The molecule has 122 valence electrons. The molecule has 6 heteroatoms. The summed E-state index contributed by atoms with van der Waals surface area (Å²) >= 11 is 0. The highest BCUT2D eigenvalue weighted by Crippen LogP contribution is 2.30. The number of aliphatic hydroxyl groups is 1. The smallest absolute Gasteiger partial charge is 0.329 e. The monoisotopic (exact) mass is 299 g/mol. The number of hydrogen-bond acceptors (Lipinski definition) is 5. The molecule has 21 heavy (non-hydrogen) atoms. The van der Waals surface area contributed by atoms with Crippen molar-refractivity contribution < 1.29 is 14.6 Å². The van der Waals surface area contributed by atoms with E-state index in [0.29, 0.717) is 12.5 Å². The molecule has 0 aromatic carbocycles. The molecule has 2 atom stereocenters. The highest BCUT2D eigenvalue weighted by atomic mass is 16.5. The van der Waals surface area contributed by atoms with Crippen LogP contribution < -0.4 is 5.32 Å². The average molecular weight is 299 g/mol. The fourth-order valence-electron chi connectivity index (χ4n) is 2.19. The van der Waals surface area contributed by atoms with Crippen LogP contribution in [-0.2, 0) is 16.1 Å². The van der Waals surface area contributed by atoms with E-state index in [-0.39, 0.29) is 12.6 Å². The Morgan fingerprint density at radius 2 is 2.10 bits per heavy atom. The highest BCUT2D eigenvalue weighted by Gasteiger charge is 2.33. The molecule has 2 N–H and O–H groups in total. The van der Waals surface area contributed by atoms with Crippen LogP contribution in [-0.4, -0.2) is 41.1 Å². The molecule has 0 spiro atoms. The minimum absolute atomic E-state index is 0.00358. The number of rotatable bonds is 3. The van der Waals surface area contributed by atoms with Gasteiger partial charge in [-0.25, -0.2) is 4.79 Å². The van der Waals surface area contributed by atoms with Crippen molar-refractivity contribution in [3.05, 3.63) is 17.5 Å². The summed E-state index contributed by atoms with van der Waals surface area (Å²) in [4.78, 5) is 11.7. The number of carbonyl (C=O) groups excluding carboxylic acids is 1. The van der Waals surface area contributed by atoms with Gasteiger partial charge in [-0.15, -0.1) is 0 Å². The van der Waals surface area contributed by atoms with E-state index >= 15 is 0 Å². The summed E-state index contributed by atoms with van der Waals surface area (Å²) in [7, 11) is 1.37. The van der Waals surface area contributed by atoms with Crippen LogP contribution in [0, 0.1) is 0 Å². The van der Waals surface area contributed by atoms with Gasteiger partial charge in [0, 0.05) is 6.54 Å². The van der Waals surface area contributed by atoms with E-state index in [1.165, 1.54) is 7.11 Å². The van der Waals surface area contributed by atoms with Gasteiger partial charge < -0.3 is 9.84 Å². The molecule has 2 rings (SSSR count). The summed E-state index contributed by atoms with van der Waals surface area (Å²) in [5.74, 6) is -0.0174. The van der Waals surface area contributed by atoms with Crippen molar-refractivity contribution in [2.75, 3.05) is 20.3 Å². The maximum Gasteiger partial charge on any atom is 0.329 e. The average Bonchev–Trinajstić information content (AvgIpc) is 2.96. The van der Waals surface area contributed by atoms with Gasteiger partial charge in [0.05, 0.1) is 32.2 Å². The Balaban J connectivity index is 0.000000921. The second-order valence-corrected chi connectivity index (χ2v) is 4.20. The zero-order valence-corrected chi connectivity index (χ0v) is 14.0. The first kappa shape index (κ1) is 19.6. The lowest BCUT2D eigenvalue weighted by Crippen LogP contribution is -2.38. The van der Waals surface area contributed by atoms with E-state index in [1.807, 2.05) is 27.7 Å². The van der Waals surface area contributed by atoms with Crippen molar-refractivity contribution in [3.63, 3.8) is 0 Å². The molecule has 0 saturated carbocycles. The van der Waals surface area contributed by atoms with Crippen LogP contribution in [0.2, 0.25) is 0 Å². The number of aromatic nitrogens is 2. The van der Waals surface area contributed by atoms with Crippen molar-refractivity contribution in [2.45, 2.75) is 53.1 Å². The lowest BCUT2D eigenvalue weighted by atomic mass is 9.93. The van der Waals surface area contributed by atoms with Gasteiger partial charge in [0.25, 0.3) is 0 Å². The van der Waals surface area contributed by atoms with Gasteiger partial charge in [0.1, 0.15) is 6.04 Å². The van der Waals surface area contributed by atoms with Crippen LogP contribution in [0.5, 0.6) is 0 Å². The number of aliphatic hydroxyl groups excluding tert-OH is 1. The van der Waals surface area contributed by atoms with Crippen LogP contribution >= 0.6 is 0 Å². The molecule has 0 radical (unpaired) electrons. The molecule has 0 bridgehead atoms. The number of nitrogens with one attached hydrogen (secondary N) is 1. The third kappa shape index (κ3) is 4.54. The van der Waals surface area contributed by atoms with Gasteiger partial charge >= 0.3 is 5.97 Å². The molecule has 1 aromatic rings. The van der Waals surface area contributed by atoms with E-state index < -0.39 is 6.04 Å². The number of carbonyl (C=O) groups is 1. The molecule has 1 aliphatic rings. The van der Waals surface area contributed by atoms with Crippen molar-refractivity contribution in [1.29, 1.82) is 0 Å². The van der Waals surface area contributed by atoms with Crippen LogP contribution in [0.25, 0.3) is 0 Å². The first-order valence-corrected chi connectivity index (χ1v) is 7.66. The van der Waals surface area contributed by atoms with Gasteiger partial charge in [0.2, 0.25) is 0 Å². The Bertz CT molecular complexity index is 418. The van der Waals surface area contributed by atoms with Gasteiger partial charge in [-0.3, -0.25) is 10.00 Å². The summed E-state index contributed by atoms with van der Waals surface area (Å²) in [6.45, 7) is 11.2. The van der Waals surface area contributed by atoms with Crippen molar-refractivity contribution >= 4 is 5.97 Å². The van der Waals surface area contributed by atoms with E-state index in [1.54, 1.807) is 10.9 Å².